The van der Waals surface area contributed by atoms with Crippen LogP contribution in [0.2, 0.25) is 0 Å². The van der Waals surface area contributed by atoms with E-state index in [1.165, 1.54) is 17.2 Å². The van der Waals surface area contributed by atoms with Crippen molar-refractivity contribution in [3.05, 3.63) is 65.0 Å². The first-order valence-corrected chi connectivity index (χ1v) is 7.36. The highest BCUT2D eigenvalue weighted by atomic mass is 19.1. The van der Waals surface area contributed by atoms with E-state index in [2.05, 4.69) is 17.4 Å². The third kappa shape index (κ3) is 2.79. The summed E-state index contributed by atoms with van der Waals surface area (Å²) in [6.07, 6.45) is 2.10. The molecule has 0 saturated heterocycles. The first-order valence-electron chi connectivity index (χ1n) is 7.36. The van der Waals surface area contributed by atoms with Crippen LogP contribution in [0.1, 0.15) is 42.1 Å². The maximum Gasteiger partial charge on any atom is 0.127 e. The molecule has 0 amide bonds. The highest BCUT2D eigenvalue weighted by Crippen LogP contribution is 2.35. The smallest absolute Gasteiger partial charge is 0.127 e. The van der Waals surface area contributed by atoms with Gasteiger partial charge in [0, 0.05) is 17.6 Å². The van der Waals surface area contributed by atoms with Crippen molar-refractivity contribution in [3.8, 4) is 5.75 Å². The van der Waals surface area contributed by atoms with E-state index >= 15 is 0 Å². The zero-order valence-electron chi connectivity index (χ0n) is 12.4. The number of hydrogen-bond donors (Lipinski definition) is 1. The molecule has 2 unspecified atom stereocenters. The molecule has 3 rings (SSSR count). The van der Waals surface area contributed by atoms with E-state index in [4.69, 9.17) is 4.74 Å². The van der Waals surface area contributed by atoms with Gasteiger partial charge in [-0.2, -0.15) is 0 Å². The van der Waals surface area contributed by atoms with Crippen LogP contribution in [-0.4, -0.2) is 7.11 Å². The number of halogens is 1. The molecule has 0 bridgehead atoms. The van der Waals surface area contributed by atoms with Crippen molar-refractivity contribution < 1.29 is 9.13 Å². The van der Waals surface area contributed by atoms with Crippen molar-refractivity contribution >= 4 is 0 Å². The highest BCUT2D eigenvalue weighted by Gasteiger charge is 2.25. The minimum Gasteiger partial charge on any atom is -0.497 e. The van der Waals surface area contributed by atoms with Crippen molar-refractivity contribution in [2.75, 3.05) is 7.11 Å². The van der Waals surface area contributed by atoms with Gasteiger partial charge in [0.15, 0.2) is 0 Å². The minimum absolute atomic E-state index is 0.0200. The van der Waals surface area contributed by atoms with Crippen LogP contribution in [0, 0.1) is 5.82 Å². The molecule has 1 aliphatic rings. The Hall–Kier alpha value is -1.87. The van der Waals surface area contributed by atoms with Crippen molar-refractivity contribution in [2.45, 2.75) is 31.8 Å². The molecule has 0 heterocycles. The van der Waals surface area contributed by atoms with Crippen LogP contribution in [0.15, 0.2) is 42.5 Å². The van der Waals surface area contributed by atoms with Crippen LogP contribution in [-0.2, 0) is 6.42 Å². The van der Waals surface area contributed by atoms with Crippen molar-refractivity contribution in [2.24, 2.45) is 0 Å². The van der Waals surface area contributed by atoms with E-state index in [0.717, 1.165) is 18.6 Å². The molecule has 2 aromatic carbocycles. The van der Waals surface area contributed by atoms with Gasteiger partial charge in [0.05, 0.1) is 7.11 Å². The number of rotatable bonds is 4. The molecule has 3 heteroatoms. The average Bonchev–Trinajstić information content (AvgIpc) is 2.90. The summed E-state index contributed by atoms with van der Waals surface area (Å²) in [6, 6.07) is 13.4. The fourth-order valence-corrected chi connectivity index (χ4v) is 3.10. The summed E-state index contributed by atoms with van der Waals surface area (Å²) in [4.78, 5) is 0. The fraction of sp³-hybridized carbons (Fsp3) is 0.333. The van der Waals surface area contributed by atoms with Crippen molar-refractivity contribution in [1.82, 2.24) is 5.32 Å². The molecule has 2 aromatic rings. The van der Waals surface area contributed by atoms with Crippen molar-refractivity contribution in [3.63, 3.8) is 0 Å². The van der Waals surface area contributed by atoms with Crippen LogP contribution < -0.4 is 10.1 Å². The summed E-state index contributed by atoms with van der Waals surface area (Å²) >= 11 is 0. The Morgan fingerprint density at radius 3 is 2.81 bits per heavy atom. The summed E-state index contributed by atoms with van der Waals surface area (Å²) in [5.74, 6) is 0.724. The summed E-state index contributed by atoms with van der Waals surface area (Å²) < 4.78 is 19.2. The Bertz CT molecular complexity index is 641. The SMILES string of the molecule is COc1ccc2c(c1)C(NC(C)c1ccccc1F)CC2. The number of ether oxygens (including phenoxy) is 1. The lowest BCUT2D eigenvalue weighted by atomic mass is 10.0. The van der Waals surface area contributed by atoms with E-state index in [9.17, 15) is 4.39 Å². The lowest BCUT2D eigenvalue weighted by Gasteiger charge is -2.21. The summed E-state index contributed by atoms with van der Waals surface area (Å²) in [5.41, 5.74) is 3.35. The van der Waals surface area contributed by atoms with Crippen LogP contribution in [0.3, 0.4) is 0 Å². The quantitative estimate of drug-likeness (QED) is 0.910. The molecule has 0 fully saturated rings. The molecule has 2 atom stereocenters. The van der Waals surface area contributed by atoms with Crippen LogP contribution in [0.5, 0.6) is 5.75 Å². The normalized spacial score (nSPS) is 18.3. The van der Waals surface area contributed by atoms with Gasteiger partial charge in [-0.1, -0.05) is 24.3 Å². The molecule has 0 saturated carbocycles. The number of hydrogen-bond acceptors (Lipinski definition) is 2. The Morgan fingerprint density at radius 2 is 2.05 bits per heavy atom. The second-order valence-corrected chi connectivity index (χ2v) is 5.57. The first kappa shape index (κ1) is 14.1. The number of aryl methyl sites for hydroxylation is 1. The van der Waals surface area contributed by atoms with Gasteiger partial charge in [-0.3, -0.25) is 0 Å². The van der Waals surface area contributed by atoms with Crippen molar-refractivity contribution in [1.29, 1.82) is 0 Å². The van der Waals surface area contributed by atoms with Crippen LogP contribution in [0.4, 0.5) is 4.39 Å². The maximum absolute atomic E-state index is 13.9. The zero-order valence-corrected chi connectivity index (χ0v) is 12.4. The fourth-order valence-electron chi connectivity index (χ4n) is 3.10. The third-order valence-corrected chi connectivity index (χ3v) is 4.25. The van der Waals surface area contributed by atoms with E-state index in [1.807, 2.05) is 25.1 Å². The van der Waals surface area contributed by atoms with E-state index < -0.39 is 0 Å². The Labute approximate surface area is 125 Å². The third-order valence-electron chi connectivity index (χ3n) is 4.25. The zero-order chi connectivity index (χ0) is 14.8. The van der Waals surface area contributed by atoms with Gasteiger partial charge in [-0.05, 0) is 49.1 Å². The molecular weight excluding hydrogens is 265 g/mol. The second-order valence-electron chi connectivity index (χ2n) is 5.57. The number of nitrogens with one attached hydrogen (secondary N) is 1. The Morgan fingerprint density at radius 1 is 1.24 bits per heavy atom. The van der Waals surface area contributed by atoms with Gasteiger partial charge in [0.1, 0.15) is 11.6 Å². The van der Waals surface area contributed by atoms with E-state index in [0.29, 0.717) is 5.56 Å². The molecule has 1 aliphatic carbocycles. The van der Waals surface area contributed by atoms with Crippen LogP contribution >= 0.6 is 0 Å². The van der Waals surface area contributed by atoms with Gasteiger partial charge in [-0.15, -0.1) is 0 Å². The molecule has 0 aliphatic heterocycles. The number of methoxy groups -OCH3 is 1. The van der Waals surface area contributed by atoms with Gasteiger partial charge < -0.3 is 10.1 Å². The largest absolute Gasteiger partial charge is 0.497 e. The summed E-state index contributed by atoms with van der Waals surface area (Å²) in [7, 11) is 1.68. The predicted molar refractivity (Wildman–Crippen MR) is 82.0 cm³/mol. The van der Waals surface area contributed by atoms with Gasteiger partial charge in [-0.25, -0.2) is 4.39 Å². The van der Waals surface area contributed by atoms with Gasteiger partial charge in [0.25, 0.3) is 0 Å². The number of fused-ring (bicyclic) bond motifs is 1. The second kappa shape index (κ2) is 5.86. The van der Waals surface area contributed by atoms with Gasteiger partial charge >= 0.3 is 0 Å². The molecule has 0 spiro atoms. The first-order chi connectivity index (χ1) is 10.2. The molecule has 0 radical (unpaired) electrons. The lowest BCUT2D eigenvalue weighted by molar-refractivity contribution is 0.411. The molecule has 0 aromatic heterocycles. The molecule has 1 N–H and O–H groups in total. The standard InChI is InChI=1S/C18H20FNO/c1-12(15-5-3-4-6-17(15)19)20-18-10-8-13-7-9-14(21-2)11-16(13)18/h3-7,9,11-12,18,20H,8,10H2,1-2H3. The molecular formula is C18H20FNO. The minimum atomic E-state index is -0.152. The van der Waals surface area contributed by atoms with E-state index in [-0.39, 0.29) is 17.9 Å². The topological polar surface area (TPSA) is 21.3 Å². The van der Waals surface area contributed by atoms with E-state index in [1.54, 1.807) is 13.2 Å². The lowest BCUT2D eigenvalue weighted by Crippen LogP contribution is -2.23. The number of benzene rings is 2. The Balaban J connectivity index is 1.80. The summed E-state index contributed by atoms with van der Waals surface area (Å²) in [5, 5.41) is 3.55. The predicted octanol–water partition coefficient (Wildman–Crippen LogP) is 4.17. The maximum atomic E-state index is 13.9. The molecule has 21 heavy (non-hydrogen) atoms. The molecule has 110 valence electrons. The summed E-state index contributed by atoms with van der Waals surface area (Å²) in [6.45, 7) is 2.01. The van der Waals surface area contributed by atoms with Gasteiger partial charge in [0.2, 0.25) is 0 Å². The van der Waals surface area contributed by atoms with Crippen LogP contribution in [0.25, 0.3) is 0 Å². The monoisotopic (exact) mass is 285 g/mol. The Kier molecular flexibility index (Phi) is 3.93. The average molecular weight is 285 g/mol. The molecule has 2 nitrogen and oxygen atoms in total. The highest BCUT2D eigenvalue weighted by molar-refractivity contribution is 5.41.